The number of nitrogens with one attached hydrogen (secondary N) is 3. The third kappa shape index (κ3) is 5.04. The van der Waals surface area contributed by atoms with Crippen molar-refractivity contribution in [3.05, 3.63) is 42.1 Å². The van der Waals surface area contributed by atoms with E-state index in [4.69, 9.17) is 4.98 Å². The molecule has 180 valence electrons. The number of aromatic nitrogens is 3. The summed E-state index contributed by atoms with van der Waals surface area (Å²) in [6.07, 6.45) is 1.12. The van der Waals surface area contributed by atoms with Crippen molar-refractivity contribution in [2.24, 2.45) is 5.92 Å². The number of piperidine rings is 1. The molecule has 1 aromatic carbocycles. The number of H-pyrrole nitrogens is 1. The minimum absolute atomic E-state index is 0.0972. The first kappa shape index (κ1) is 23.7. The molecule has 2 amide bonds. The molecule has 2 aromatic heterocycles. The van der Waals surface area contributed by atoms with Crippen LogP contribution in [-0.4, -0.2) is 68.6 Å². The van der Waals surface area contributed by atoms with E-state index in [2.05, 4.69) is 20.6 Å². The summed E-state index contributed by atoms with van der Waals surface area (Å²) in [6.45, 7) is 7.44. The number of hydrogen-bond donors (Lipinski definition) is 4. The van der Waals surface area contributed by atoms with Crippen molar-refractivity contribution in [3.63, 3.8) is 0 Å². The van der Waals surface area contributed by atoms with Crippen molar-refractivity contribution in [1.82, 2.24) is 25.2 Å². The summed E-state index contributed by atoms with van der Waals surface area (Å²) in [4.78, 5) is 38.8. The fourth-order valence-electron chi connectivity index (χ4n) is 4.24. The second kappa shape index (κ2) is 9.80. The van der Waals surface area contributed by atoms with Crippen LogP contribution in [0.3, 0.4) is 0 Å². The summed E-state index contributed by atoms with van der Waals surface area (Å²) in [5, 5.41) is 17.5. The second-order valence-electron chi connectivity index (χ2n) is 9.17. The van der Waals surface area contributed by atoms with E-state index in [9.17, 15) is 14.7 Å². The maximum absolute atomic E-state index is 13.2. The number of aliphatic hydroxyl groups is 1. The zero-order valence-corrected chi connectivity index (χ0v) is 19.9. The molecule has 1 saturated heterocycles. The highest BCUT2D eigenvalue weighted by Crippen LogP contribution is 2.31. The lowest BCUT2D eigenvalue weighted by molar-refractivity contribution is -0.118. The summed E-state index contributed by atoms with van der Waals surface area (Å²) >= 11 is 0. The van der Waals surface area contributed by atoms with Gasteiger partial charge < -0.3 is 25.6 Å². The van der Waals surface area contributed by atoms with Crippen LogP contribution in [0, 0.1) is 5.92 Å². The number of anilines is 1. The standard InChI is InChI=1S/C25H32N6O3/c1-16(2)25(34)9-13-31(14-10-25)24(33)20-15-19-22(27-12-11-26-17(3)32)29-21(30-23(19)28-20)18-7-5-4-6-8-18/h4-8,15-16,34H,9-14H2,1-3H3,(H,26,32)(H2,27,28,29,30). The molecule has 9 heteroatoms. The van der Waals surface area contributed by atoms with Crippen molar-refractivity contribution < 1.29 is 14.7 Å². The van der Waals surface area contributed by atoms with Gasteiger partial charge in [0.05, 0.1) is 11.0 Å². The number of aromatic amines is 1. The Hall–Kier alpha value is -3.46. The predicted octanol–water partition coefficient (Wildman–Crippen LogP) is 2.80. The van der Waals surface area contributed by atoms with E-state index in [1.54, 1.807) is 11.0 Å². The second-order valence-corrected chi connectivity index (χ2v) is 9.17. The first-order valence-electron chi connectivity index (χ1n) is 11.7. The molecule has 4 N–H and O–H groups in total. The Labute approximate surface area is 199 Å². The Kier molecular flexibility index (Phi) is 6.83. The number of nitrogens with zero attached hydrogens (tertiary/aromatic N) is 3. The van der Waals surface area contributed by atoms with E-state index >= 15 is 0 Å². The zero-order chi connectivity index (χ0) is 24.3. The monoisotopic (exact) mass is 464 g/mol. The van der Waals surface area contributed by atoms with E-state index in [1.807, 2.05) is 44.2 Å². The summed E-state index contributed by atoms with van der Waals surface area (Å²) in [5.74, 6) is 1.07. The Morgan fingerprint density at radius 2 is 1.85 bits per heavy atom. The number of carbonyl (C=O) groups excluding carboxylic acids is 2. The van der Waals surface area contributed by atoms with Crippen molar-refractivity contribution in [2.75, 3.05) is 31.5 Å². The van der Waals surface area contributed by atoms with Crippen LogP contribution >= 0.6 is 0 Å². The lowest BCUT2D eigenvalue weighted by Crippen LogP contribution is -2.49. The molecule has 3 aromatic rings. The van der Waals surface area contributed by atoms with Gasteiger partial charge in [-0.1, -0.05) is 44.2 Å². The number of hydrogen-bond acceptors (Lipinski definition) is 6. The Balaban J connectivity index is 1.61. The molecule has 1 aliphatic heterocycles. The SMILES string of the molecule is CC(=O)NCCNc1nc(-c2ccccc2)nc2[nH]c(C(=O)N3CCC(O)(C(C)C)CC3)cc12. The van der Waals surface area contributed by atoms with Gasteiger partial charge in [0.25, 0.3) is 5.91 Å². The van der Waals surface area contributed by atoms with Gasteiger partial charge in [-0.15, -0.1) is 0 Å². The quantitative estimate of drug-likeness (QED) is 0.399. The summed E-state index contributed by atoms with van der Waals surface area (Å²) in [5.41, 5.74) is 1.14. The molecule has 1 aliphatic rings. The smallest absolute Gasteiger partial charge is 0.270 e. The summed E-state index contributed by atoms with van der Waals surface area (Å²) < 4.78 is 0. The highest BCUT2D eigenvalue weighted by atomic mass is 16.3. The molecule has 3 heterocycles. The average Bonchev–Trinajstić information content (AvgIpc) is 3.26. The van der Waals surface area contributed by atoms with Gasteiger partial charge in [0, 0.05) is 38.7 Å². The molecule has 34 heavy (non-hydrogen) atoms. The van der Waals surface area contributed by atoms with E-state index in [-0.39, 0.29) is 17.7 Å². The normalized spacial score (nSPS) is 15.5. The molecule has 0 saturated carbocycles. The first-order valence-corrected chi connectivity index (χ1v) is 11.7. The maximum Gasteiger partial charge on any atom is 0.270 e. The first-order chi connectivity index (χ1) is 16.3. The Morgan fingerprint density at radius 1 is 1.15 bits per heavy atom. The number of rotatable bonds is 7. The molecular formula is C25H32N6O3. The fourth-order valence-corrected chi connectivity index (χ4v) is 4.24. The number of benzene rings is 1. The van der Waals surface area contributed by atoms with Gasteiger partial charge in [0.15, 0.2) is 5.82 Å². The van der Waals surface area contributed by atoms with Crippen molar-refractivity contribution >= 4 is 28.7 Å². The van der Waals surface area contributed by atoms with Crippen molar-refractivity contribution in [1.29, 1.82) is 0 Å². The summed E-state index contributed by atoms with van der Waals surface area (Å²) in [6, 6.07) is 11.4. The molecule has 0 radical (unpaired) electrons. The van der Waals surface area contributed by atoms with Gasteiger partial charge in [-0.25, -0.2) is 9.97 Å². The van der Waals surface area contributed by atoms with E-state index < -0.39 is 5.60 Å². The van der Waals surface area contributed by atoms with Crippen LogP contribution in [-0.2, 0) is 4.79 Å². The third-order valence-corrected chi connectivity index (χ3v) is 6.53. The fraction of sp³-hybridized carbons (Fsp3) is 0.440. The van der Waals surface area contributed by atoms with Gasteiger partial charge in [0.1, 0.15) is 17.2 Å². The van der Waals surface area contributed by atoms with E-state index in [0.717, 1.165) is 5.56 Å². The predicted molar refractivity (Wildman–Crippen MR) is 131 cm³/mol. The molecule has 0 spiro atoms. The van der Waals surface area contributed by atoms with Gasteiger partial charge in [-0.2, -0.15) is 0 Å². The lowest BCUT2D eigenvalue weighted by Gasteiger charge is -2.40. The molecule has 0 bridgehead atoms. The van der Waals surface area contributed by atoms with Crippen LogP contribution in [0.2, 0.25) is 0 Å². The third-order valence-electron chi connectivity index (χ3n) is 6.53. The maximum atomic E-state index is 13.2. The minimum Gasteiger partial charge on any atom is -0.389 e. The number of amides is 2. The van der Waals surface area contributed by atoms with Gasteiger partial charge in [0.2, 0.25) is 5.91 Å². The molecule has 1 fully saturated rings. The number of carbonyl (C=O) groups is 2. The van der Waals surface area contributed by atoms with Gasteiger partial charge >= 0.3 is 0 Å². The van der Waals surface area contributed by atoms with Crippen molar-refractivity contribution in [2.45, 2.75) is 39.2 Å². The highest BCUT2D eigenvalue weighted by Gasteiger charge is 2.36. The zero-order valence-electron chi connectivity index (χ0n) is 19.9. The molecule has 0 atom stereocenters. The van der Waals surface area contributed by atoms with E-state index in [1.165, 1.54) is 6.92 Å². The average molecular weight is 465 g/mol. The molecule has 0 aliphatic carbocycles. The highest BCUT2D eigenvalue weighted by molar-refractivity contribution is 6.00. The van der Waals surface area contributed by atoms with Crippen LogP contribution < -0.4 is 10.6 Å². The molecule has 9 nitrogen and oxygen atoms in total. The Bertz CT molecular complexity index is 1170. The Morgan fingerprint density at radius 3 is 2.50 bits per heavy atom. The van der Waals surface area contributed by atoms with Crippen molar-refractivity contribution in [3.8, 4) is 11.4 Å². The lowest BCUT2D eigenvalue weighted by atomic mass is 9.81. The van der Waals surface area contributed by atoms with Crippen LogP contribution in [0.1, 0.15) is 44.1 Å². The number of fused-ring (bicyclic) bond motifs is 1. The summed E-state index contributed by atoms with van der Waals surface area (Å²) in [7, 11) is 0. The largest absolute Gasteiger partial charge is 0.389 e. The molecule has 0 unspecified atom stereocenters. The van der Waals surface area contributed by atoms with Gasteiger partial charge in [-0.05, 0) is 24.8 Å². The van der Waals surface area contributed by atoms with Crippen LogP contribution in [0.25, 0.3) is 22.4 Å². The molecule has 4 rings (SSSR count). The van der Waals surface area contributed by atoms with E-state index in [0.29, 0.717) is 67.4 Å². The topological polar surface area (TPSA) is 123 Å². The van der Waals surface area contributed by atoms with Gasteiger partial charge in [-0.3, -0.25) is 9.59 Å². The minimum atomic E-state index is -0.724. The van der Waals surface area contributed by atoms with Crippen LogP contribution in [0.4, 0.5) is 5.82 Å². The van der Waals surface area contributed by atoms with Crippen LogP contribution in [0.15, 0.2) is 36.4 Å². The number of likely N-dealkylation sites (tertiary alicyclic amines) is 1. The molecular weight excluding hydrogens is 432 g/mol. The van der Waals surface area contributed by atoms with Crippen LogP contribution in [0.5, 0.6) is 0 Å².